The van der Waals surface area contributed by atoms with E-state index >= 15 is 0 Å². The van der Waals surface area contributed by atoms with Crippen molar-refractivity contribution in [3.8, 4) is 0 Å². The lowest BCUT2D eigenvalue weighted by Gasteiger charge is -2.29. The topological polar surface area (TPSA) is 0 Å². The Bertz CT molecular complexity index is 403. The van der Waals surface area contributed by atoms with Crippen LogP contribution < -0.4 is 0 Å². The van der Waals surface area contributed by atoms with Gasteiger partial charge in [0.05, 0.1) is 0 Å². The molecule has 0 heterocycles. The van der Waals surface area contributed by atoms with Gasteiger partial charge in [-0.15, -0.1) is 0 Å². The van der Waals surface area contributed by atoms with Crippen LogP contribution in [-0.2, 0) is 11.8 Å². The van der Waals surface area contributed by atoms with E-state index in [0.717, 1.165) is 6.42 Å². The molecule has 0 bridgehead atoms. The average Bonchev–Trinajstić information content (AvgIpc) is 2.13. The van der Waals surface area contributed by atoms with E-state index in [-0.39, 0.29) is 12.8 Å². The Morgan fingerprint density at radius 3 is 1.59 bits per heavy atom. The van der Waals surface area contributed by atoms with Gasteiger partial charge < -0.3 is 0 Å². The average molecular weight is 234 g/mol. The highest BCUT2D eigenvalue weighted by atomic mass is 14.3. The predicted molar refractivity (Wildman–Crippen MR) is 80.2 cm³/mol. The largest absolute Gasteiger partial charge is 0.0776 e. The number of hydrogen-bond donors (Lipinski definition) is 0. The van der Waals surface area contributed by atoms with Crippen molar-refractivity contribution in [2.24, 2.45) is 0 Å². The van der Waals surface area contributed by atoms with Gasteiger partial charge >= 0.3 is 0 Å². The molecular weight excluding hydrogens is 204 g/mol. The van der Waals surface area contributed by atoms with Crippen molar-refractivity contribution in [1.29, 1.82) is 0 Å². The van der Waals surface area contributed by atoms with Crippen LogP contribution in [0.15, 0.2) is 0 Å². The molecule has 17 heavy (non-hydrogen) atoms. The van der Waals surface area contributed by atoms with Crippen molar-refractivity contribution in [3.05, 3.63) is 33.4 Å². The van der Waals surface area contributed by atoms with Crippen LogP contribution >= 0.6 is 0 Å². The zero-order valence-electron chi connectivity index (χ0n) is 12.2. The smallest absolute Gasteiger partial charge is 0.0126 e. The van der Waals surface area contributed by atoms with Crippen molar-refractivity contribution in [2.75, 3.05) is 0 Å². The van der Waals surface area contributed by atoms with Gasteiger partial charge in [0.1, 0.15) is 0 Å². The highest BCUT2D eigenvalue weighted by Crippen LogP contribution is 2.35. The van der Waals surface area contributed by atoms with E-state index in [9.17, 15) is 0 Å². The van der Waals surface area contributed by atoms with Crippen LogP contribution in [0.4, 0.5) is 0 Å². The van der Waals surface area contributed by atoms with Crippen LogP contribution in [0.5, 0.6) is 0 Å². The van der Waals surface area contributed by atoms with Gasteiger partial charge in [-0.05, 0) is 72.9 Å². The minimum absolute atomic E-state index is 0. The summed E-state index contributed by atoms with van der Waals surface area (Å²) in [5, 5.41) is 0. The maximum atomic E-state index is 2.32. The molecule has 0 fully saturated rings. The molecule has 0 radical (unpaired) electrons. The Morgan fingerprint density at radius 2 is 1.24 bits per heavy atom. The summed E-state index contributed by atoms with van der Waals surface area (Å²) in [6, 6.07) is 0. The molecule has 0 amide bonds. The molecule has 0 unspecified atom stereocenters. The zero-order valence-corrected chi connectivity index (χ0v) is 12.2. The Kier molecular flexibility index (Phi) is 5.01. The van der Waals surface area contributed by atoms with Gasteiger partial charge in [0.25, 0.3) is 0 Å². The lowest BCUT2D eigenvalue weighted by molar-refractivity contribution is 0.579. The number of rotatable bonds is 1. The second kappa shape index (κ2) is 5.25. The molecular formula is C17H30. The minimum Gasteiger partial charge on any atom is -0.0776 e. The fraction of sp³-hybridized carbons (Fsp3) is 0.647. The molecule has 0 nitrogen and oxygen atoms in total. The Hall–Kier alpha value is -0.780. The van der Waals surface area contributed by atoms with Gasteiger partial charge in [-0.1, -0.05) is 35.1 Å². The molecule has 0 heteroatoms. The summed E-state index contributed by atoms with van der Waals surface area (Å²) in [7, 11) is 0. The first-order valence-electron chi connectivity index (χ1n) is 6.31. The molecule has 1 rings (SSSR count). The summed E-state index contributed by atoms with van der Waals surface area (Å²) < 4.78 is 0. The van der Waals surface area contributed by atoms with E-state index in [0.29, 0.717) is 0 Å². The van der Waals surface area contributed by atoms with E-state index < -0.39 is 0 Å². The third-order valence-electron chi connectivity index (χ3n) is 3.88. The van der Waals surface area contributed by atoms with E-state index in [2.05, 4.69) is 55.4 Å². The standard InChI is InChI=1S/C16H26.CH4/c1-9-14-11(3)10(2)12(4)15(13(14)5)16(6,7)8;/h9H2,1-8H3;1H4. The lowest BCUT2D eigenvalue weighted by atomic mass is 9.76. The van der Waals surface area contributed by atoms with Gasteiger partial charge in [0, 0.05) is 0 Å². The monoisotopic (exact) mass is 234 g/mol. The predicted octanol–water partition coefficient (Wildman–Crippen LogP) is 5.42. The molecule has 0 aliphatic carbocycles. The van der Waals surface area contributed by atoms with Crippen LogP contribution in [0.3, 0.4) is 0 Å². The second-order valence-corrected chi connectivity index (χ2v) is 5.96. The van der Waals surface area contributed by atoms with Crippen molar-refractivity contribution < 1.29 is 0 Å². The number of hydrogen-bond acceptors (Lipinski definition) is 0. The van der Waals surface area contributed by atoms with Gasteiger partial charge in [-0.2, -0.15) is 0 Å². The fourth-order valence-corrected chi connectivity index (χ4v) is 3.06. The summed E-state index contributed by atoms with van der Waals surface area (Å²) in [6.07, 6.45) is 1.14. The molecule has 0 aliphatic heterocycles. The zero-order chi connectivity index (χ0) is 12.7. The van der Waals surface area contributed by atoms with E-state index in [4.69, 9.17) is 0 Å². The molecule has 0 aliphatic rings. The highest BCUT2D eigenvalue weighted by Gasteiger charge is 2.22. The van der Waals surface area contributed by atoms with E-state index in [1.165, 1.54) is 22.3 Å². The molecule has 0 spiro atoms. The van der Waals surface area contributed by atoms with Gasteiger partial charge in [-0.3, -0.25) is 0 Å². The quantitative estimate of drug-likeness (QED) is 0.609. The van der Waals surface area contributed by atoms with Crippen molar-refractivity contribution in [2.45, 2.75) is 74.7 Å². The molecule has 0 N–H and O–H groups in total. The molecule has 98 valence electrons. The van der Waals surface area contributed by atoms with Crippen molar-refractivity contribution in [1.82, 2.24) is 0 Å². The van der Waals surface area contributed by atoms with Crippen LogP contribution in [0.1, 0.15) is 68.5 Å². The first-order chi connectivity index (χ1) is 7.21. The normalized spacial score (nSPS) is 11.3. The Balaban J connectivity index is 0.00000256. The summed E-state index contributed by atoms with van der Waals surface area (Å²) in [5.74, 6) is 0. The van der Waals surface area contributed by atoms with Gasteiger partial charge in [0.15, 0.2) is 0 Å². The third kappa shape index (κ3) is 2.73. The Morgan fingerprint density at radius 1 is 0.765 bits per heavy atom. The minimum atomic E-state index is 0. The van der Waals surface area contributed by atoms with Crippen LogP contribution in [-0.4, -0.2) is 0 Å². The molecule has 0 saturated heterocycles. The van der Waals surface area contributed by atoms with Crippen molar-refractivity contribution in [3.63, 3.8) is 0 Å². The van der Waals surface area contributed by atoms with Crippen molar-refractivity contribution >= 4 is 0 Å². The van der Waals surface area contributed by atoms with Crippen LogP contribution in [0, 0.1) is 27.7 Å². The lowest BCUT2D eigenvalue weighted by Crippen LogP contribution is -2.18. The van der Waals surface area contributed by atoms with Crippen LogP contribution in [0.2, 0.25) is 0 Å². The highest BCUT2D eigenvalue weighted by molar-refractivity contribution is 5.52. The first kappa shape index (κ1) is 16.2. The summed E-state index contributed by atoms with van der Waals surface area (Å²) >= 11 is 0. The molecule has 1 aromatic rings. The summed E-state index contributed by atoms with van der Waals surface area (Å²) in [6.45, 7) is 18.3. The first-order valence-corrected chi connectivity index (χ1v) is 6.31. The molecule has 1 aromatic carbocycles. The summed E-state index contributed by atoms with van der Waals surface area (Å²) in [5.41, 5.74) is 9.31. The van der Waals surface area contributed by atoms with E-state index in [1.807, 2.05) is 0 Å². The maximum absolute atomic E-state index is 2.32. The maximum Gasteiger partial charge on any atom is -0.0126 e. The molecule has 0 aromatic heterocycles. The van der Waals surface area contributed by atoms with E-state index in [1.54, 1.807) is 11.1 Å². The molecule has 0 saturated carbocycles. The summed E-state index contributed by atoms with van der Waals surface area (Å²) in [4.78, 5) is 0. The third-order valence-corrected chi connectivity index (χ3v) is 3.88. The SMILES string of the molecule is C.CCc1c(C)c(C)c(C)c(C(C)(C)C)c1C. The Labute approximate surface area is 108 Å². The number of benzene rings is 1. The second-order valence-electron chi connectivity index (χ2n) is 5.96. The van der Waals surface area contributed by atoms with Gasteiger partial charge in [0.2, 0.25) is 0 Å². The fourth-order valence-electron chi connectivity index (χ4n) is 3.06. The van der Waals surface area contributed by atoms with Crippen LogP contribution in [0.25, 0.3) is 0 Å². The molecule has 0 atom stereocenters. The van der Waals surface area contributed by atoms with Gasteiger partial charge in [-0.25, -0.2) is 0 Å².